The number of carbonyl (C=O) groups excluding carboxylic acids is 1. The number of carbonyl (C=O) groups is 1. The Labute approximate surface area is 155 Å². The van der Waals surface area contributed by atoms with Crippen LogP contribution in [0.5, 0.6) is 0 Å². The van der Waals surface area contributed by atoms with Crippen molar-refractivity contribution >= 4 is 29.3 Å². The van der Waals surface area contributed by atoms with Crippen molar-refractivity contribution in [2.45, 2.75) is 18.2 Å². The molecule has 1 aromatic carbocycles. The Bertz CT molecular complexity index is 732. The fraction of sp³-hybridized carbons (Fsp3) is 0.412. The highest BCUT2D eigenvalue weighted by molar-refractivity contribution is 7.99. The van der Waals surface area contributed by atoms with Gasteiger partial charge >= 0.3 is 0 Å². The lowest BCUT2D eigenvalue weighted by atomic mass is 10.2. The van der Waals surface area contributed by atoms with Crippen LogP contribution in [0.4, 0.5) is 0 Å². The van der Waals surface area contributed by atoms with Gasteiger partial charge in [-0.3, -0.25) is 9.36 Å². The van der Waals surface area contributed by atoms with Gasteiger partial charge in [0.2, 0.25) is 5.91 Å². The minimum Gasteiger partial charge on any atom is -0.376 e. The van der Waals surface area contributed by atoms with E-state index < -0.39 is 0 Å². The Morgan fingerprint density at radius 1 is 1.48 bits per heavy atom. The highest BCUT2D eigenvalue weighted by Gasteiger charge is 2.16. The second-order valence-electron chi connectivity index (χ2n) is 5.62. The van der Waals surface area contributed by atoms with Crippen molar-refractivity contribution in [3.63, 3.8) is 0 Å². The molecule has 1 amide bonds. The molecule has 1 saturated heterocycles. The zero-order chi connectivity index (χ0) is 17.6. The molecule has 1 atom stereocenters. The van der Waals surface area contributed by atoms with Gasteiger partial charge in [-0.1, -0.05) is 29.4 Å². The summed E-state index contributed by atoms with van der Waals surface area (Å²) in [5, 5.41) is 4.32. The number of halogens is 1. The number of imidazole rings is 1. The fourth-order valence-corrected chi connectivity index (χ4v) is 3.47. The zero-order valence-corrected chi connectivity index (χ0v) is 15.5. The first kappa shape index (κ1) is 18.3. The monoisotopic (exact) mass is 381 g/mol. The molecule has 0 spiro atoms. The Kier molecular flexibility index (Phi) is 6.36. The van der Waals surface area contributed by atoms with E-state index in [1.807, 2.05) is 35.9 Å². The average Bonchev–Trinajstić information content (AvgIpc) is 3.10. The van der Waals surface area contributed by atoms with Gasteiger partial charge in [0.1, 0.15) is 0 Å². The third kappa shape index (κ3) is 4.76. The van der Waals surface area contributed by atoms with Crippen molar-refractivity contribution in [3.8, 4) is 5.69 Å². The Balaban J connectivity index is 1.56. The molecule has 1 fully saturated rings. The Morgan fingerprint density at radius 3 is 3.16 bits per heavy atom. The van der Waals surface area contributed by atoms with E-state index in [2.05, 4.69) is 10.3 Å². The van der Waals surface area contributed by atoms with Crippen LogP contribution < -0.4 is 5.32 Å². The van der Waals surface area contributed by atoms with Crippen LogP contribution in [0.3, 0.4) is 0 Å². The van der Waals surface area contributed by atoms with Crippen molar-refractivity contribution < 1.29 is 14.3 Å². The number of aromatic nitrogens is 2. The van der Waals surface area contributed by atoms with E-state index in [1.54, 1.807) is 6.20 Å². The van der Waals surface area contributed by atoms with Gasteiger partial charge in [0, 0.05) is 24.0 Å². The van der Waals surface area contributed by atoms with Crippen molar-refractivity contribution in [3.05, 3.63) is 41.2 Å². The van der Waals surface area contributed by atoms with E-state index in [-0.39, 0.29) is 17.8 Å². The molecule has 25 heavy (non-hydrogen) atoms. The summed E-state index contributed by atoms with van der Waals surface area (Å²) in [6.07, 6.45) is 3.51. The number of benzene rings is 1. The van der Waals surface area contributed by atoms with Gasteiger partial charge in [-0.25, -0.2) is 4.98 Å². The summed E-state index contributed by atoms with van der Waals surface area (Å²) in [5.41, 5.74) is 1.93. The van der Waals surface area contributed by atoms with Crippen LogP contribution in [0.15, 0.2) is 35.7 Å². The predicted octanol–water partition coefficient (Wildman–Crippen LogP) is 2.46. The third-order valence-electron chi connectivity index (χ3n) is 3.85. The average molecular weight is 382 g/mol. The molecule has 1 aliphatic heterocycles. The third-order valence-corrected chi connectivity index (χ3v) is 5.23. The molecule has 1 N–H and O–H groups in total. The molecular weight excluding hydrogens is 362 g/mol. The molecule has 0 aliphatic carbocycles. The summed E-state index contributed by atoms with van der Waals surface area (Å²) >= 11 is 7.58. The van der Waals surface area contributed by atoms with Gasteiger partial charge in [-0.15, -0.1) is 0 Å². The van der Waals surface area contributed by atoms with Crippen LogP contribution in [0.1, 0.15) is 5.56 Å². The van der Waals surface area contributed by atoms with Gasteiger partial charge in [-0.05, 0) is 24.6 Å². The molecule has 1 aromatic heterocycles. The molecule has 8 heteroatoms. The van der Waals surface area contributed by atoms with Gasteiger partial charge in [0.05, 0.1) is 37.4 Å². The molecule has 2 aromatic rings. The number of rotatable bonds is 6. The van der Waals surface area contributed by atoms with E-state index in [1.165, 1.54) is 11.8 Å². The SMILES string of the molecule is Cc1c(Cl)cccc1-n1ccnc1SCC(=O)NC[C@@H]1COCCO1. The second kappa shape index (κ2) is 8.71. The molecule has 1 aliphatic rings. The van der Waals surface area contributed by atoms with E-state index in [0.29, 0.717) is 31.4 Å². The maximum atomic E-state index is 12.1. The van der Waals surface area contributed by atoms with Crippen LogP contribution in [0.2, 0.25) is 5.02 Å². The van der Waals surface area contributed by atoms with Crippen LogP contribution in [-0.2, 0) is 14.3 Å². The summed E-state index contributed by atoms with van der Waals surface area (Å²) in [6, 6.07) is 5.74. The summed E-state index contributed by atoms with van der Waals surface area (Å²) in [5.74, 6) is 0.223. The number of amides is 1. The minimum atomic E-state index is -0.0706. The normalized spacial score (nSPS) is 17.4. The maximum absolute atomic E-state index is 12.1. The summed E-state index contributed by atoms with van der Waals surface area (Å²) in [4.78, 5) is 16.4. The van der Waals surface area contributed by atoms with Crippen molar-refractivity contribution in [2.24, 2.45) is 0 Å². The number of ether oxygens (including phenoxy) is 2. The highest BCUT2D eigenvalue weighted by atomic mass is 35.5. The first-order valence-corrected chi connectivity index (χ1v) is 9.39. The van der Waals surface area contributed by atoms with Crippen molar-refractivity contribution in [2.75, 3.05) is 32.1 Å². The largest absolute Gasteiger partial charge is 0.376 e. The number of thioether (sulfide) groups is 1. The van der Waals surface area contributed by atoms with Crippen LogP contribution in [0, 0.1) is 6.92 Å². The number of nitrogens with zero attached hydrogens (tertiary/aromatic N) is 2. The van der Waals surface area contributed by atoms with E-state index >= 15 is 0 Å². The standard InChI is InChI=1S/C17H20ClN3O3S/c1-12-14(18)3-2-4-15(12)21-6-5-19-17(21)25-11-16(22)20-9-13-10-23-7-8-24-13/h2-6,13H,7-11H2,1H3,(H,20,22)/t13-/m1/s1. The maximum Gasteiger partial charge on any atom is 0.230 e. The lowest BCUT2D eigenvalue weighted by molar-refractivity contribution is -0.121. The molecule has 2 heterocycles. The fourth-order valence-electron chi connectivity index (χ4n) is 2.50. The molecule has 0 saturated carbocycles. The van der Waals surface area contributed by atoms with E-state index in [9.17, 15) is 4.79 Å². The number of nitrogens with one attached hydrogen (secondary N) is 1. The van der Waals surface area contributed by atoms with Gasteiger partial charge in [0.15, 0.2) is 5.16 Å². The summed E-state index contributed by atoms with van der Waals surface area (Å²) in [6.45, 7) is 4.13. The van der Waals surface area contributed by atoms with Crippen LogP contribution >= 0.6 is 23.4 Å². The Hall–Kier alpha value is -1.54. The second-order valence-corrected chi connectivity index (χ2v) is 6.97. The quantitative estimate of drug-likeness (QED) is 0.778. The molecule has 6 nitrogen and oxygen atoms in total. The van der Waals surface area contributed by atoms with Gasteiger partial charge < -0.3 is 14.8 Å². The topological polar surface area (TPSA) is 65.4 Å². The lowest BCUT2D eigenvalue weighted by Crippen LogP contribution is -2.40. The van der Waals surface area contributed by atoms with Gasteiger partial charge in [0.25, 0.3) is 0 Å². The first-order valence-electron chi connectivity index (χ1n) is 8.03. The molecule has 134 valence electrons. The highest BCUT2D eigenvalue weighted by Crippen LogP contribution is 2.26. The van der Waals surface area contributed by atoms with Crippen molar-refractivity contribution in [1.82, 2.24) is 14.9 Å². The Morgan fingerprint density at radius 2 is 2.36 bits per heavy atom. The summed E-state index contributed by atoms with van der Waals surface area (Å²) in [7, 11) is 0. The molecule has 0 radical (unpaired) electrons. The lowest BCUT2D eigenvalue weighted by Gasteiger charge is -2.23. The van der Waals surface area contributed by atoms with Gasteiger partial charge in [-0.2, -0.15) is 0 Å². The first-order chi connectivity index (χ1) is 12.1. The zero-order valence-electron chi connectivity index (χ0n) is 13.9. The predicted molar refractivity (Wildman–Crippen MR) is 97.6 cm³/mol. The van der Waals surface area contributed by atoms with E-state index in [4.69, 9.17) is 21.1 Å². The van der Waals surface area contributed by atoms with Crippen LogP contribution in [0.25, 0.3) is 5.69 Å². The number of hydrogen-bond donors (Lipinski definition) is 1. The molecule has 3 rings (SSSR count). The molecular formula is C17H20ClN3O3S. The summed E-state index contributed by atoms with van der Waals surface area (Å²) < 4.78 is 12.8. The molecule has 0 unspecified atom stereocenters. The van der Waals surface area contributed by atoms with Crippen LogP contribution in [-0.4, -0.2) is 53.7 Å². The van der Waals surface area contributed by atoms with E-state index in [0.717, 1.165) is 16.4 Å². The number of hydrogen-bond acceptors (Lipinski definition) is 5. The minimum absolute atomic E-state index is 0.0588. The smallest absolute Gasteiger partial charge is 0.230 e. The molecule has 0 bridgehead atoms. The van der Waals surface area contributed by atoms with Crippen molar-refractivity contribution in [1.29, 1.82) is 0 Å².